The van der Waals surface area contributed by atoms with Crippen molar-refractivity contribution in [3.05, 3.63) is 52.4 Å². The highest BCUT2D eigenvalue weighted by Crippen LogP contribution is 2.22. The van der Waals surface area contributed by atoms with Crippen LogP contribution in [0.5, 0.6) is 0 Å². The second-order valence-corrected chi connectivity index (χ2v) is 6.81. The molecule has 0 N–H and O–H groups in total. The standard InChI is InChI=1S/C18H18N2O5S/c1-11-15(12(2)25-19-11)9-26-10-16(21)24-8-7-20-17(22)13-5-3-4-6-14(13)18(20)23/h3-6H,7-10H2,1-2H3. The summed E-state index contributed by atoms with van der Waals surface area (Å²) in [6.45, 7) is 3.71. The van der Waals surface area contributed by atoms with E-state index in [2.05, 4.69) is 5.16 Å². The molecule has 0 aliphatic carbocycles. The fourth-order valence-corrected chi connectivity index (χ4v) is 3.65. The molecule has 26 heavy (non-hydrogen) atoms. The first kappa shape index (κ1) is 18.2. The number of amides is 2. The molecule has 3 rings (SSSR count). The molecule has 2 heterocycles. The van der Waals surface area contributed by atoms with Gasteiger partial charge in [-0.15, -0.1) is 11.8 Å². The van der Waals surface area contributed by atoms with Crippen molar-refractivity contribution < 1.29 is 23.6 Å². The number of hydrogen-bond donors (Lipinski definition) is 0. The van der Waals surface area contributed by atoms with Crippen LogP contribution in [0.3, 0.4) is 0 Å². The summed E-state index contributed by atoms with van der Waals surface area (Å²) in [5, 5.41) is 3.87. The predicted molar refractivity (Wildman–Crippen MR) is 94.9 cm³/mol. The number of aryl methyl sites for hydroxylation is 2. The van der Waals surface area contributed by atoms with Crippen LogP contribution in [0.25, 0.3) is 0 Å². The fraction of sp³-hybridized carbons (Fsp3) is 0.333. The van der Waals surface area contributed by atoms with E-state index in [1.807, 2.05) is 13.8 Å². The van der Waals surface area contributed by atoms with E-state index in [1.165, 1.54) is 11.8 Å². The molecule has 8 heteroatoms. The second kappa shape index (κ2) is 7.74. The van der Waals surface area contributed by atoms with Crippen LogP contribution in [0.4, 0.5) is 0 Å². The Bertz CT molecular complexity index is 807. The molecule has 1 aliphatic heterocycles. The quantitative estimate of drug-likeness (QED) is 0.543. The largest absolute Gasteiger partial charge is 0.463 e. The SMILES string of the molecule is Cc1noc(C)c1CSCC(=O)OCCN1C(=O)c2ccccc2C1=O. The van der Waals surface area contributed by atoms with Gasteiger partial charge in [0, 0.05) is 11.3 Å². The normalized spacial score (nSPS) is 13.2. The summed E-state index contributed by atoms with van der Waals surface area (Å²) in [7, 11) is 0. The first-order chi connectivity index (χ1) is 12.5. The maximum atomic E-state index is 12.2. The monoisotopic (exact) mass is 374 g/mol. The molecule has 1 aromatic heterocycles. The lowest BCUT2D eigenvalue weighted by Gasteiger charge is -2.13. The highest BCUT2D eigenvalue weighted by atomic mass is 32.2. The number of imide groups is 1. The average molecular weight is 374 g/mol. The zero-order valence-electron chi connectivity index (χ0n) is 14.5. The lowest BCUT2D eigenvalue weighted by atomic mass is 10.1. The van der Waals surface area contributed by atoms with Crippen LogP contribution in [-0.2, 0) is 15.3 Å². The fourth-order valence-electron chi connectivity index (χ4n) is 2.68. The molecule has 2 amide bonds. The molecular weight excluding hydrogens is 356 g/mol. The van der Waals surface area contributed by atoms with E-state index in [-0.39, 0.29) is 30.7 Å². The lowest BCUT2D eigenvalue weighted by molar-refractivity contribution is -0.140. The van der Waals surface area contributed by atoms with Gasteiger partial charge < -0.3 is 9.26 Å². The van der Waals surface area contributed by atoms with E-state index in [0.29, 0.717) is 16.9 Å². The number of nitrogens with zero attached hydrogens (tertiary/aromatic N) is 2. The molecule has 136 valence electrons. The number of rotatable bonds is 7. The van der Waals surface area contributed by atoms with Gasteiger partial charge in [-0.3, -0.25) is 19.3 Å². The number of carbonyl (C=O) groups is 3. The van der Waals surface area contributed by atoms with Crippen LogP contribution >= 0.6 is 11.8 Å². The van der Waals surface area contributed by atoms with Crippen LogP contribution in [0, 0.1) is 13.8 Å². The predicted octanol–water partition coefficient (Wildman–Crippen LogP) is 2.36. The minimum atomic E-state index is -0.390. The minimum Gasteiger partial charge on any atom is -0.463 e. The van der Waals surface area contributed by atoms with Crippen LogP contribution in [-0.4, -0.2) is 46.7 Å². The number of aromatic nitrogens is 1. The van der Waals surface area contributed by atoms with E-state index in [9.17, 15) is 14.4 Å². The third-order valence-electron chi connectivity index (χ3n) is 4.10. The molecule has 0 saturated carbocycles. The lowest BCUT2D eigenvalue weighted by Crippen LogP contribution is -2.33. The zero-order valence-corrected chi connectivity index (χ0v) is 15.3. The van der Waals surface area contributed by atoms with Gasteiger partial charge >= 0.3 is 5.97 Å². The summed E-state index contributed by atoms with van der Waals surface area (Å²) >= 11 is 1.40. The number of benzene rings is 1. The van der Waals surface area contributed by atoms with E-state index in [1.54, 1.807) is 24.3 Å². The molecule has 7 nitrogen and oxygen atoms in total. The van der Waals surface area contributed by atoms with E-state index >= 15 is 0 Å². The molecule has 2 aromatic rings. The van der Waals surface area contributed by atoms with Crippen molar-refractivity contribution >= 4 is 29.5 Å². The maximum Gasteiger partial charge on any atom is 0.315 e. The van der Waals surface area contributed by atoms with Crippen LogP contribution in [0.1, 0.15) is 37.7 Å². The van der Waals surface area contributed by atoms with E-state index in [0.717, 1.165) is 21.9 Å². The van der Waals surface area contributed by atoms with Gasteiger partial charge in [0.05, 0.1) is 29.1 Å². The molecule has 0 bridgehead atoms. The van der Waals surface area contributed by atoms with Gasteiger partial charge in [-0.25, -0.2) is 0 Å². The number of carbonyl (C=O) groups excluding carboxylic acids is 3. The maximum absolute atomic E-state index is 12.2. The number of hydrogen-bond acceptors (Lipinski definition) is 7. The molecule has 0 unspecified atom stereocenters. The molecular formula is C18H18N2O5S. The molecule has 0 spiro atoms. The smallest absolute Gasteiger partial charge is 0.315 e. The van der Waals surface area contributed by atoms with Crippen molar-refractivity contribution in [1.82, 2.24) is 10.1 Å². The number of esters is 1. The summed E-state index contributed by atoms with van der Waals surface area (Å²) in [5.74, 6) is 0.428. The summed E-state index contributed by atoms with van der Waals surface area (Å²) in [5.41, 5.74) is 2.57. The van der Waals surface area contributed by atoms with Gasteiger partial charge in [0.25, 0.3) is 11.8 Å². The Balaban J connectivity index is 1.42. The Kier molecular flexibility index (Phi) is 5.41. The van der Waals surface area contributed by atoms with Crippen LogP contribution < -0.4 is 0 Å². The molecule has 0 radical (unpaired) electrons. The van der Waals surface area contributed by atoms with Gasteiger partial charge in [0.1, 0.15) is 12.4 Å². The van der Waals surface area contributed by atoms with Crippen LogP contribution in [0.15, 0.2) is 28.8 Å². The molecule has 1 aromatic carbocycles. The molecule has 1 aliphatic rings. The van der Waals surface area contributed by atoms with Crippen molar-refractivity contribution in [3.63, 3.8) is 0 Å². The van der Waals surface area contributed by atoms with Crippen molar-refractivity contribution in [1.29, 1.82) is 0 Å². The van der Waals surface area contributed by atoms with E-state index in [4.69, 9.17) is 9.26 Å². The van der Waals surface area contributed by atoms with Gasteiger partial charge in [0.2, 0.25) is 0 Å². The summed E-state index contributed by atoms with van der Waals surface area (Å²) in [6.07, 6.45) is 0. The Labute approximate surface area is 154 Å². The van der Waals surface area contributed by atoms with Crippen molar-refractivity contribution in [2.75, 3.05) is 18.9 Å². The molecule has 0 atom stereocenters. The Morgan fingerprint density at radius 2 is 1.85 bits per heavy atom. The highest BCUT2D eigenvalue weighted by molar-refractivity contribution is 7.99. The van der Waals surface area contributed by atoms with Crippen molar-refractivity contribution in [2.45, 2.75) is 19.6 Å². The number of fused-ring (bicyclic) bond motifs is 1. The second-order valence-electron chi connectivity index (χ2n) is 5.82. The Morgan fingerprint density at radius 3 is 2.42 bits per heavy atom. The van der Waals surface area contributed by atoms with Crippen LogP contribution in [0.2, 0.25) is 0 Å². The van der Waals surface area contributed by atoms with Gasteiger partial charge in [-0.05, 0) is 26.0 Å². The van der Waals surface area contributed by atoms with Crippen molar-refractivity contribution in [2.24, 2.45) is 0 Å². The van der Waals surface area contributed by atoms with Crippen molar-refractivity contribution in [3.8, 4) is 0 Å². The van der Waals surface area contributed by atoms with Gasteiger partial charge in [-0.2, -0.15) is 0 Å². The summed E-state index contributed by atoms with van der Waals surface area (Å²) in [4.78, 5) is 37.3. The number of thioether (sulfide) groups is 1. The third kappa shape index (κ3) is 3.65. The van der Waals surface area contributed by atoms with Gasteiger partial charge in [0.15, 0.2) is 0 Å². The Morgan fingerprint density at radius 1 is 1.19 bits per heavy atom. The first-order valence-electron chi connectivity index (χ1n) is 8.09. The zero-order chi connectivity index (χ0) is 18.7. The summed E-state index contributed by atoms with van der Waals surface area (Å²) in [6, 6.07) is 6.66. The molecule has 0 fully saturated rings. The Hall–Kier alpha value is -2.61. The minimum absolute atomic E-state index is 0.0177. The summed E-state index contributed by atoms with van der Waals surface area (Å²) < 4.78 is 10.2. The molecule has 0 saturated heterocycles. The van der Waals surface area contributed by atoms with Gasteiger partial charge in [-0.1, -0.05) is 17.3 Å². The third-order valence-corrected chi connectivity index (χ3v) is 5.04. The van der Waals surface area contributed by atoms with E-state index < -0.39 is 5.97 Å². The average Bonchev–Trinajstić information content (AvgIpc) is 3.07. The number of ether oxygens (including phenoxy) is 1. The highest BCUT2D eigenvalue weighted by Gasteiger charge is 2.34. The first-order valence-corrected chi connectivity index (χ1v) is 9.25. The topological polar surface area (TPSA) is 89.7 Å².